The SMILES string of the molecule is Cc1c(O)ccc(CCC(c2ccc(O)c(C)c2C)c2ccc(O)c(C)c2C)c1C. The Morgan fingerprint density at radius 2 is 0.933 bits per heavy atom. The number of aromatic hydroxyl groups is 3. The topological polar surface area (TPSA) is 60.7 Å². The summed E-state index contributed by atoms with van der Waals surface area (Å²) in [6.45, 7) is 12.0. The maximum Gasteiger partial charge on any atom is 0.118 e. The Morgan fingerprint density at radius 3 is 1.40 bits per heavy atom. The van der Waals surface area contributed by atoms with Crippen LogP contribution in [-0.4, -0.2) is 15.3 Å². The zero-order valence-corrected chi connectivity index (χ0v) is 18.8. The van der Waals surface area contributed by atoms with E-state index in [9.17, 15) is 15.3 Å². The van der Waals surface area contributed by atoms with E-state index in [-0.39, 0.29) is 5.92 Å². The minimum atomic E-state index is 0.136. The summed E-state index contributed by atoms with van der Waals surface area (Å²) in [5.74, 6) is 1.11. The maximum absolute atomic E-state index is 10.2. The summed E-state index contributed by atoms with van der Waals surface area (Å²) in [6.07, 6.45) is 1.76. The van der Waals surface area contributed by atoms with Gasteiger partial charge in [0.1, 0.15) is 17.2 Å². The average molecular weight is 405 g/mol. The third-order valence-corrected chi connectivity index (χ3v) is 6.92. The number of phenolic OH excluding ortho intramolecular Hbond substituents is 3. The van der Waals surface area contributed by atoms with Crippen LogP contribution in [0, 0.1) is 41.5 Å². The lowest BCUT2D eigenvalue weighted by molar-refractivity contribution is 0.469. The van der Waals surface area contributed by atoms with Crippen LogP contribution >= 0.6 is 0 Å². The average Bonchev–Trinajstić information content (AvgIpc) is 2.72. The molecule has 3 heteroatoms. The quantitative estimate of drug-likeness (QED) is 0.460. The first-order valence-corrected chi connectivity index (χ1v) is 10.5. The molecular weight excluding hydrogens is 372 g/mol. The van der Waals surface area contributed by atoms with Crippen molar-refractivity contribution in [1.29, 1.82) is 0 Å². The highest BCUT2D eigenvalue weighted by atomic mass is 16.3. The second-order valence-corrected chi connectivity index (χ2v) is 8.43. The molecule has 0 unspecified atom stereocenters. The van der Waals surface area contributed by atoms with Crippen LogP contribution in [0.2, 0.25) is 0 Å². The molecule has 3 aromatic carbocycles. The van der Waals surface area contributed by atoms with Crippen LogP contribution in [0.15, 0.2) is 36.4 Å². The van der Waals surface area contributed by atoms with Crippen LogP contribution in [0.4, 0.5) is 0 Å². The Hall–Kier alpha value is -2.94. The monoisotopic (exact) mass is 404 g/mol. The fraction of sp³-hybridized carbons (Fsp3) is 0.333. The lowest BCUT2D eigenvalue weighted by Gasteiger charge is -2.25. The fourth-order valence-corrected chi connectivity index (χ4v) is 4.32. The number of rotatable bonds is 5. The summed E-state index contributed by atoms with van der Waals surface area (Å²) in [6, 6.07) is 11.4. The molecule has 158 valence electrons. The lowest BCUT2D eigenvalue weighted by Crippen LogP contribution is -2.09. The van der Waals surface area contributed by atoms with Crippen molar-refractivity contribution >= 4 is 0 Å². The van der Waals surface area contributed by atoms with E-state index in [4.69, 9.17) is 0 Å². The Bertz CT molecular complexity index is 1040. The van der Waals surface area contributed by atoms with Crippen LogP contribution in [0.1, 0.15) is 62.4 Å². The van der Waals surface area contributed by atoms with Gasteiger partial charge in [0.05, 0.1) is 0 Å². The molecule has 0 fully saturated rings. The second-order valence-electron chi connectivity index (χ2n) is 8.43. The Balaban J connectivity index is 2.09. The van der Waals surface area contributed by atoms with Gasteiger partial charge in [-0.1, -0.05) is 18.2 Å². The Morgan fingerprint density at radius 1 is 0.533 bits per heavy atom. The van der Waals surface area contributed by atoms with E-state index in [1.54, 1.807) is 18.2 Å². The number of aryl methyl sites for hydroxylation is 1. The van der Waals surface area contributed by atoms with Gasteiger partial charge in [0.2, 0.25) is 0 Å². The van der Waals surface area contributed by atoms with E-state index in [1.807, 2.05) is 39.0 Å². The molecule has 3 nitrogen and oxygen atoms in total. The molecular formula is C27H32O3. The number of benzene rings is 3. The molecule has 0 heterocycles. The van der Waals surface area contributed by atoms with Gasteiger partial charge in [-0.3, -0.25) is 0 Å². The van der Waals surface area contributed by atoms with Crippen molar-refractivity contribution in [3.63, 3.8) is 0 Å². The first kappa shape index (κ1) is 21.8. The van der Waals surface area contributed by atoms with Crippen molar-refractivity contribution in [2.75, 3.05) is 0 Å². The van der Waals surface area contributed by atoms with Crippen molar-refractivity contribution in [3.05, 3.63) is 86.5 Å². The molecule has 3 aromatic rings. The highest BCUT2D eigenvalue weighted by molar-refractivity contribution is 5.51. The smallest absolute Gasteiger partial charge is 0.118 e. The molecule has 0 radical (unpaired) electrons. The fourth-order valence-electron chi connectivity index (χ4n) is 4.32. The summed E-state index contributed by atoms with van der Waals surface area (Å²) >= 11 is 0. The van der Waals surface area contributed by atoms with Crippen molar-refractivity contribution in [3.8, 4) is 17.2 Å². The first-order chi connectivity index (χ1) is 14.1. The highest BCUT2D eigenvalue weighted by Crippen LogP contribution is 2.39. The molecule has 0 saturated heterocycles. The molecule has 0 bridgehead atoms. The van der Waals surface area contributed by atoms with Gasteiger partial charge in [-0.2, -0.15) is 0 Å². The van der Waals surface area contributed by atoms with Gasteiger partial charge < -0.3 is 15.3 Å². The van der Waals surface area contributed by atoms with Crippen molar-refractivity contribution in [2.24, 2.45) is 0 Å². The zero-order valence-electron chi connectivity index (χ0n) is 18.8. The highest BCUT2D eigenvalue weighted by Gasteiger charge is 2.22. The van der Waals surface area contributed by atoms with E-state index >= 15 is 0 Å². The predicted molar refractivity (Wildman–Crippen MR) is 123 cm³/mol. The molecule has 0 saturated carbocycles. The number of phenols is 3. The van der Waals surface area contributed by atoms with Crippen LogP contribution in [0.5, 0.6) is 17.2 Å². The summed E-state index contributed by atoms with van der Waals surface area (Å²) in [5.41, 5.74) is 9.70. The minimum absolute atomic E-state index is 0.136. The van der Waals surface area contributed by atoms with Crippen LogP contribution in [0.3, 0.4) is 0 Å². The van der Waals surface area contributed by atoms with Gasteiger partial charge in [0, 0.05) is 5.92 Å². The van der Waals surface area contributed by atoms with E-state index < -0.39 is 0 Å². The van der Waals surface area contributed by atoms with E-state index in [0.29, 0.717) is 17.2 Å². The maximum atomic E-state index is 10.2. The lowest BCUT2D eigenvalue weighted by atomic mass is 9.80. The summed E-state index contributed by atoms with van der Waals surface area (Å²) in [4.78, 5) is 0. The molecule has 0 aliphatic rings. The van der Waals surface area contributed by atoms with E-state index in [0.717, 1.165) is 46.2 Å². The molecule has 0 aromatic heterocycles. The standard InChI is InChI=1S/C27H32O3/c1-15-18(4)25(28)12-8-21(15)7-9-24(22-10-13-26(29)19(5)16(22)2)23-11-14-27(30)20(6)17(23)3/h8,10-14,24,28-30H,7,9H2,1-6H3. The summed E-state index contributed by atoms with van der Waals surface area (Å²) in [7, 11) is 0. The van der Waals surface area contributed by atoms with Gasteiger partial charge >= 0.3 is 0 Å². The van der Waals surface area contributed by atoms with Crippen molar-refractivity contribution in [1.82, 2.24) is 0 Å². The van der Waals surface area contributed by atoms with Gasteiger partial charge in [-0.25, -0.2) is 0 Å². The van der Waals surface area contributed by atoms with Gasteiger partial charge in [-0.05, 0) is 123 Å². The van der Waals surface area contributed by atoms with Crippen LogP contribution in [0.25, 0.3) is 0 Å². The summed E-state index contributed by atoms with van der Waals surface area (Å²) in [5, 5.41) is 30.3. The Kier molecular flexibility index (Phi) is 6.12. The predicted octanol–water partition coefficient (Wildman–Crippen LogP) is 6.42. The summed E-state index contributed by atoms with van der Waals surface area (Å²) < 4.78 is 0. The van der Waals surface area contributed by atoms with E-state index in [2.05, 4.69) is 20.8 Å². The molecule has 3 N–H and O–H groups in total. The van der Waals surface area contributed by atoms with Crippen LogP contribution in [-0.2, 0) is 6.42 Å². The largest absolute Gasteiger partial charge is 0.508 e. The molecule has 30 heavy (non-hydrogen) atoms. The van der Waals surface area contributed by atoms with Crippen molar-refractivity contribution in [2.45, 2.75) is 60.3 Å². The third-order valence-electron chi connectivity index (χ3n) is 6.92. The van der Waals surface area contributed by atoms with Crippen molar-refractivity contribution < 1.29 is 15.3 Å². The molecule has 0 spiro atoms. The first-order valence-electron chi connectivity index (χ1n) is 10.5. The molecule has 0 aliphatic heterocycles. The molecule has 0 atom stereocenters. The zero-order chi connectivity index (χ0) is 22.2. The number of hydrogen-bond donors (Lipinski definition) is 3. The second kappa shape index (κ2) is 8.43. The minimum Gasteiger partial charge on any atom is -0.508 e. The Labute approximate surface area is 179 Å². The third kappa shape index (κ3) is 3.89. The molecule has 3 rings (SSSR count). The normalized spacial score (nSPS) is 11.3. The van der Waals surface area contributed by atoms with E-state index in [1.165, 1.54) is 16.7 Å². The molecule has 0 amide bonds. The van der Waals surface area contributed by atoms with Gasteiger partial charge in [-0.15, -0.1) is 0 Å². The molecule has 0 aliphatic carbocycles. The van der Waals surface area contributed by atoms with Gasteiger partial charge in [0.15, 0.2) is 0 Å². The van der Waals surface area contributed by atoms with Crippen LogP contribution < -0.4 is 0 Å². The van der Waals surface area contributed by atoms with Gasteiger partial charge in [0.25, 0.3) is 0 Å². The number of hydrogen-bond acceptors (Lipinski definition) is 3.